The molecule has 1 aliphatic rings. The summed E-state index contributed by atoms with van der Waals surface area (Å²) in [6, 6.07) is 9.82. The largest absolute Gasteiger partial charge is 0.473 e. The Morgan fingerprint density at radius 1 is 1.38 bits per heavy atom. The van der Waals surface area contributed by atoms with E-state index in [9.17, 15) is 0 Å². The Kier molecular flexibility index (Phi) is 2.27. The van der Waals surface area contributed by atoms with Gasteiger partial charge in [0.1, 0.15) is 6.61 Å². The van der Waals surface area contributed by atoms with Crippen molar-refractivity contribution < 1.29 is 9.47 Å². The first-order valence-electron chi connectivity index (χ1n) is 4.19. The predicted molar refractivity (Wildman–Crippen MR) is 49.7 cm³/mol. The van der Waals surface area contributed by atoms with Gasteiger partial charge in [-0.2, -0.15) is 0 Å². The van der Waals surface area contributed by atoms with Crippen LogP contribution in [0.2, 0.25) is 0 Å². The maximum absolute atomic E-state index is 5.37. The molecule has 0 spiro atoms. The third-order valence-corrected chi connectivity index (χ3v) is 1.92. The summed E-state index contributed by atoms with van der Waals surface area (Å²) in [7, 11) is 1.63. The molecule has 0 N–H and O–H groups in total. The van der Waals surface area contributed by atoms with Crippen LogP contribution >= 0.6 is 0 Å². The monoisotopic (exact) mass is 177 g/mol. The molecule has 2 rings (SSSR count). The van der Waals surface area contributed by atoms with Gasteiger partial charge in [0.05, 0.1) is 0 Å². The zero-order valence-corrected chi connectivity index (χ0v) is 7.43. The van der Waals surface area contributed by atoms with E-state index in [0.717, 1.165) is 5.56 Å². The lowest BCUT2D eigenvalue weighted by Crippen LogP contribution is -2.07. The Bertz CT molecular complexity index is 308. The van der Waals surface area contributed by atoms with Gasteiger partial charge in [-0.15, -0.1) is 0 Å². The first kappa shape index (κ1) is 8.26. The van der Waals surface area contributed by atoms with Gasteiger partial charge in [0.2, 0.25) is 5.90 Å². The fourth-order valence-corrected chi connectivity index (χ4v) is 1.21. The predicted octanol–water partition coefficient (Wildman–Crippen LogP) is 1.44. The maximum atomic E-state index is 5.37. The van der Waals surface area contributed by atoms with Gasteiger partial charge in [0.25, 0.3) is 0 Å². The van der Waals surface area contributed by atoms with Gasteiger partial charge < -0.3 is 9.47 Å². The summed E-state index contributed by atoms with van der Waals surface area (Å²) in [5.41, 5.74) is 1.00. The number of methoxy groups -OCH3 is 1. The molecule has 0 aromatic heterocycles. The van der Waals surface area contributed by atoms with Crippen LogP contribution in [0.25, 0.3) is 0 Å². The molecule has 1 aromatic carbocycles. The van der Waals surface area contributed by atoms with E-state index in [1.807, 2.05) is 30.3 Å². The standard InChI is InChI=1S/C10H11NO2/c1-12-9-7-13-10(11-9)8-5-3-2-4-6-8/h2-6,9H,7H2,1H3. The average Bonchev–Trinajstić information content (AvgIpc) is 2.67. The lowest BCUT2D eigenvalue weighted by Gasteiger charge is -1.99. The van der Waals surface area contributed by atoms with Gasteiger partial charge >= 0.3 is 0 Å². The highest BCUT2D eigenvalue weighted by Crippen LogP contribution is 2.11. The zero-order valence-electron chi connectivity index (χ0n) is 7.43. The first-order chi connectivity index (χ1) is 6.40. The molecular formula is C10H11NO2. The highest BCUT2D eigenvalue weighted by molar-refractivity contribution is 5.94. The van der Waals surface area contributed by atoms with Gasteiger partial charge in [0, 0.05) is 12.7 Å². The van der Waals surface area contributed by atoms with Crippen molar-refractivity contribution >= 4 is 5.90 Å². The summed E-state index contributed by atoms with van der Waals surface area (Å²) >= 11 is 0. The lowest BCUT2D eigenvalue weighted by atomic mass is 10.2. The third kappa shape index (κ3) is 1.70. The normalized spacial score (nSPS) is 21.0. The van der Waals surface area contributed by atoms with E-state index in [-0.39, 0.29) is 6.23 Å². The average molecular weight is 177 g/mol. The number of aliphatic imine (C=N–C) groups is 1. The van der Waals surface area contributed by atoms with E-state index < -0.39 is 0 Å². The van der Waals surface area contributed by atoms with Crippen molar-refractivity contribution in [2.45, 2.75) is 6.23 Å². The fraction of sp³-hybridized carbons (Fsp3) is 0.300. The molecular weight excluding hydrogens is 166 g/mol. The molecule has 0 saturated carbocycles. The van der Waals surface area contributed by atoms with Crippen LogP contribution in [0.15, 0.2) is 35.3 Å². The second-order valence-corrected chi connectivity index (χ2v) is 2.80. The molecule has 1 heterocycles. The molecule has 1 unspecified atom stereocenters. The number of ether oxygens (including phenoxy) is 2. The van der Waals surface area contributed by atoms with Gasteiger partial charge in [-0.3, -0.25) is 0 Å². The molecule has 1 aliphatic heterocycles. The molecule has 1 aromatic rings. The van der Waals surface area contributed by atoms with Crippen LogP contribution in [0.1, 0.15) is 5.56 Å². The van der Waals surface area contributed by atoms with E-state index in [1.165, 1.54) is 0 Å². The zero-order chi connectivity index (χ0) is 9.10. The Morgan fingerprint density at radius 3 is 2.77 bits per heavy atom. The number of nitrogens with zero attached hydrogens (tertiary/aromatic N) is 1. The second kappa shape index (κ2) is 3.58. The fourth-order valence-electron chi connectivity index (χ4n) is 1.21. The maximum Gasteiger partial charge on any atom is 0.218 e. The SMILES string of the molecule is COC1COC(c2ccccc2)=N1. The van der Waals surface area contributed by atoms with Gasteiger partial charge in [-0.25, -0.2) is 4.99 Å². The highest BCUT2D eigenvalue weighted by Gasteiger charge is 2.18. The number of benzene rings is 1. The molecule has 3 nitrogen and oxygen atoms in total. The molecule has 0 amide bonds. The van der Waals surface area contributed by atoms with Crippen LogP contribution in [0.3, 0.4) is 0 Å². The van der Waals surface area contributed by atoms with Crippen molar-refractivity contribution in [3.05, 3.63) is 35.9 Å². The highest BCUT2D eigenvalue weighted by atomic mass is 16.6. The van der Waals surface area contributed by atoms with Crippen molar-refractivity contribution in [3.8, 4) is 0 Å². The first-order valence-corrected chi connectivity index (χ1v) is 4.19. The van der Waals surface area contributed by atoms with Crippen LogP contribution in [-0.4, -0.2) is 25.8 Å². The van der Waals surface area contributed by atoms with E-state index in [1.54, 1.807) is 7.11 Å². The Balaban J connectivity index is 2.19. The summed E-state index contributed by atoms with van der Waals surface area (Å²) in [6.07, 6.45) is -0.143. The Morgan fingerprint density at radius 2 is 2.15 bits per heavy atom. The van der Waals surface area contributed by atoms with E-state index in [0.29, 0.717) is 12.5 Å². The second-order valence-electron chi connectivity index (χ2n) is 2.80. The van der Waals surface area contributed by atoms with E-state index in [2.05, 4.69) is 4.99 Å². The molecule has 3 heteroatoms. The molecule has 0 fully saturated rings. The van der Waals surface area contributed by atoms with Crippen LogP contribution in [0.5, 0.6) is 0 Å². The molecule has 0 saturated heterocycles. The van der Waals surface area contributed by atoms with Crippen molar-refractivity contribution in [1.29, 1.82) is 0 Å². The molecule has 0 aliphatic carbocycles. The van der Waals surface area contributed by atoms with E-state index in [4.69, 9.17) is 9.47 Å². The number of rotatable bonds is 2. The summed E-state index contributed by atoms with van der Waals surface area (Å²) in [6.45, 7) is 0.515. The van der Waals surface area contributed by atoms with Crippen molar-refractivity contribution in [2.24, 2.45) is 4.99 Å². The third-order valence-electron chi connectivity index (χ3n) is 1.92. The lowest BCUT2D eigenvalue weighted by molar-refractivity contribution is 0.0833. The molecule has 0 radical (unpaired) electrons. The number of hydrogen-bond donors (Lipinski definition) is 0. The van der Waals surface area contributed by atoms with Crippen LogP contribution < -0.4 is 0 Å². The minimum absolute atomic E-state index is 0.143. The molecule has 13 heavy (non-hydrogen) atoms. The van der Waals surface area contributed by atoms with Crippen molar-refractivity contribution in [3.63, 3.8) is 0 Å². The molecule has 0 bridgehead atoms. The molecule has 1 atom stereocenters. The van der Waals surface area contributed by atoms with Crippen LogP contribution in [-0.2, 0) is 9.47 Å². The minimum atomic E-state index is -0.143. The van der Waals surface area contributed by atoms with Crippen LogP contribution in [0, 0.1) is 0 Å². The van der Waals surface area contributed by atoms with Gasteiger partial charge in [-0.05, 0) is 12.1 Å². The van der Waals surface area contributed by atoms with Crippen LogP contribution in [0.4, 0.5) is 0 Å². The Labute approximate surface area is 77.0 Å². The van der Waals surface area contributed by atoms with E-state index >= 15 is 0 Å². The topological polar surface area (TPSA) is 30.8 Å². The summed E-state index contributed by atoms with van der Waals surface area (Å²) < 4.78 is 10.4. The quantitative estimate of drug-likeness (QED) is 0.684. The Hall–Kier alpha value is -1.35. The number of hydrogen-bond acceptors (Lipinski definition) is 3. The van der Waals surface area contributed by atoms with Crippen molar-refractivity contribution in [2.75, 3.05) is 13.7 Å². The summed E-state index contributed by atoms with van der Waals surface area (Å²) in [4.78, 5) is 4.25. The smallest absolute Gasteiger partial charge is 0.218 e. The van der Waals surface area contributed by atoms with Gasteiger partial charge in [0.15, 0.2) is 6.23 Å². The summed E-state index contributed by atoms with van der Waals surface area (Å²) in [5, 5.41) is 0. The molecule has 68 valence electrons. The minimum Gasteiger partial charge on any atom is -0.473 e. The van der Waals surface area contributed by atoms with Gasteiger partial charge in [-0.1, -0.05) is 18.2 Å². The summed E-state index contributed by atoms with van der Waals surface area (Å²) in [5.74, 6) is 0.674. The van der Waals surface area contributed by atoms with Crippen molar-refractivity contribution in [1.82, 2.24) is 0 Å².